The van der Waals surface area contributed by atoms with Crippen LogP contribution in [-0.2, 0) is 39.9 Å². The number of thiazole rings is 1. The topological polar surface area (TPSA) is 265 Å². The summed E-state index contributed by atoms with van der Waals surface area (Å²) in [7, 11) is 3.08. The predicted molar refractivity (Wildman–Crippen MR) is 300 cm³/mol. The van der Waals surface area contributed by atoms with Crippen LogP contribution in [0.4, 0.5) is 5.69 Å². The van der Waals surface area contributed by atoms with E-state index in [0.717, 1.165) is 41.0 Å². The molecule has 6 rings (SSSR count). The normalized spacial score (nSPS) is 15.0. The van der Waals surface area contributed by atoms with Gasteiger partial charge in [-0.2, -0.15) is 0 Å². The van der Waals surface area contributed by atoms with Crippen molar-refractivity contribution >= 4 is 46.6 Å². The first-order valence-corrected chi connectivity index (χ1v) is 27.7. The Morgan fingerprint density at radius 1 is 0.825 bits per heavy atom. The number of aliphatic hydroxyl groups excluding tert-OH is 1. The third-order valence-corrected chi connectivity index (χ3v) is 14.1. The summed E-state index contributed by atoms with van der Waals surface area (Å²) in [6.45, 7) is 15.0. The molecule has 5 amide bonds. The van der Waals surface area contributed by atoms with Gasteiger partial charge < -0.3 is 64.4 Å². The Morgan fingerprint density at radius 2 is 1.51 bits per heavy atom. The maximum Gasteiger partial charge on any atom is 0.278 e. The van der Waals surface area contributed by atoms with Crippen LogP contribution in [0.2, 0.25) is 0 Å². The summed E-state index contributed by atoms with van der Waals surface area (Å²) in [5.41, 5.74) is 5.60. The number of β-amino-alcohol motifs (C(OH)–C–C–N with tert-alkyl or cyclic N) is 1. The molecule has 0 radical (unpaired) electrons. The lowest BCUT2D eigenvalue weighted by Crippen LogP contribution is -2.58. The lowest BCUT2D eigenvalue weighted by atomic mass is 9.85. The number of carbonyl (C=O) groups excluding carboxylic acids is 5. The fourth-order valence-electron chi connectivity index (χ4n) is 8.78. The Balaban J connectivity index is 0.859. The van der Waals surface area contributed by atoms with E-state index >= 15 is 0 Å². The second kappa shape index (κ2) is 30.5. The van der Waals surface area contributed by atoms with Crippen LogP contribution in [0.5, 0.6) is 17.2 Å². The van der Waals surface area contributed by atoms with E-state index in [0.29, 0.717) is 39.9 Å². The molecule has 0 bridgehead atoms. The molecule has 0 unspecified atom stereocenters. The fraction of sp³-hybridized carbons (Fsp3) is 0.509. The van der Waals surface area contributed by atoms with Crippen LogP contribution < -0.4 is 35.5 Å². The number of nitrogens with zero attached hydrogens (tertiary/aromatic N) is 5. The fourth-order valence-corrected chi connectivity index (χ4v) is 9.59. The minimum absolute atomic E-state index is 0.0364. The molecule has 3 aromatic carbocycles. The van der Waals surface area contributed by atoms with E-state index in [1.807, 2.05) is 58.9 Å². The van der Waals surface area contributed by atoms with Gasteiger partial charge in [-0.1, -0.05) is 70.5 Å². The molecule has 5 aromatic rings. The first-order valence-electron chi connectivity index (χ1n) is 26.9. The van der Waals surface area contributed by atoms with E-state index < -0.39 is 41.3 Å². The summed E-state index contributed by atoms with van der Waals surface area (Å²) < 4.78 is 41.1. The number of aryl methyl sites for hydroxylation is 1. The number of aromatic nitrogens is 4. The quantitative estimate of drug-likeness (QED) is 0.0326. The van der Waals surface area contributed by atoms with Crippen LogP contribution >= 0.6 is 11.3 Å². The summed E-state index contributed by atoms with van der Waals surface area (Å²) in [5, 5.41) is 30.4. The highest BCUT2D eigenvalue weighted by Crippen LogP contribution is 2.32. The standard InChI is InChI=1S/C57H77N9O13S/c1-10-12-42(11-2)79-47-19-17-40(29-44(47)61-55(71)50-37(4)66(64-63-50)45-31-43(73-8)18-20-48(45)74-9)53(69)58-21-22-75-23-24-76-25-26-77-27-28-78-34-49(68)62-52(57(5,6)7)56(72)65-33-41(67)30-46(65)54(70)59-32-38-13-15-39(16-14-38)51-36(3)60-35-80-51/h13-20,29,31,35,41-42,46,52,67H,10-12,21-28,30,32-34H2,1-9H3,(H,58,69)(H,59,70)(H,61,71)(H,62,68)/t41-,42+,46+,52-/m1/s1. The third-order valence-electron chi connectivity index (χ3n) is 13.2. The van der Waals surface area contributed by atoms with Gasteiger partial charge in [-0.25, -0.2) is 9.67 Å². The summed E-state index contributed by atoms with van der Waals surface area (Å²) in [4.78, 5) is 74.3. The van der Waals surface area contributed by atoms with Gasteiger partial charge in [0.15, 0.2) is 5.69 Å². The van der Waals surface area contributed by atoms with Crippen molar-refractivity contribution < 1.29 is 62.2 Å². The molecule has 5 N–H and O–H groups in total. The smallest absolute Gasteiger partial charge is 0.278 e. The van der Waals surface area contributed by atoms with E-state index in [1.165, 1.54) is 16.7 Å². The van der Waals surface area contributed by atoms with Gasteiger partial charge in [0.2, 0.25) is 17.7 Å². The molecule has 0 aliphatic carbocycles. The highest BCUT2D eigenvalue weighted by atomic mass is 32.1. The number of likely N-dealkylation sites (tertiary alicyclic amines) is 1. The Hall–Kier alpha value is -7.02. The van der Waals surface area contributed by atoms with Crippen LogP contribution in [0.1, 0.15) is 98.1 Å². The predicted octanol–water partition coefficient (Wildman–Crippen LogP) is 5.84. The molecule has 1 aliphatic rings. The number of nitrogens with one attached hydrogen (secondary N) is 4. The van der Waals surface area contributed by atoms with Gasteiger partial charge in [0.05, 0.1) is 100 Å². The summed E-state index contributed by atoms with van der Waals surface area (Å²) >= 11 is 1.56. The minimum Gasteiger partial charge on any atom is -0.497 e. The average molecular weight is 1130 g/mol. The second-order valence-corrected chi connectivity index (χ2v) is 21.0. The van der Waals surface area contributed by atoms with Crippen molar-refractivity contribution in [3.05, 3.63) is 94.4 Å². The maximum atomic E-state index is 14.0. The minimum atomic E-state index is -0.993. The maximum absolute atomic E-state index is 14.0. The van der Waals surface area contributed by atoms with E-state index in [9.17, 15) is 29.1 Å². The van der Waals surface area contributed by atoms with Crippen molar-refractivity contribution in [2.75, 3.05) is 85.5 Å². The van der Waals surface area contributed by atoms with E-state index in [1.54, 1.807) is 67.3 Å². The van der Waals surface area contributed by atoms with Crippen molar-refractivity contribution in [3.8, 4) is 33.4 Å². The summed E-state index contributed by atoms with van der Waals surface area (Å²) in [6.07, 6.45) is 1.54. The highest BCUT2D eigenvalue weighted by Gasteiger charge is 2.44. The number of anilines is 1. The van der Waals surface area contributed by atoms with Crippen LogP contribution in [0.15, 0.2) is 66.2 Å². The molecule has 4 atom stereocenters. The molecule has 3 heterocycles. The summed E-state index contributed by atoms with van der Waals surface area (Å²) in [6, 6.07) is 16.0. The van der Waals surface area contributed by atoms with E-state index in [4.69, 9.17) is 33.2 Å². The van der Waals surface area contributed by atoms with Gasteiger partial charge in [-0.05, 0) is 73.6 Å². The monoisotopic (exact) mass is 1130 g/mol. The van der Waals surface area contributed by atoms with Crippen molar-refractivity contribution in [2.45, 2.75) is 105 Å². The Labute approximate surface area is 471 Å². The third kappa shape index (κ3) is 17.5. The average Bonchev–Trinajstić information content (AvgIpc) is 4.18. The molecule has 1 saturated heterocycles. The number of ether oxygens (including phenoxy) is 7. The van der Waals surface area contributed by atoms with Crippen molar-refractivity contribution in [1.29, 1.82) is 0 Å². The number of rotatable bonds is 31. The van der Waals surface area contributed by atoms with Gasteiger partial charge in [0.1, 0.15) is 41.6 Å². The molecule has 1 aliphatic heterocycles. The zero-order chi connectivity index (χ0) is 57.8. The Bertz CT molecular complexity index is 2840. The Kier molecular flexibility index (Phi) is 23.7. The van der Waals surface area contributed by atoms with E-state index in [-0.39, 0.29) is 103 Å². The van der Waals surface area contributed by atoms with Crippen molar-refractivity contribution in [3.63, 3.8) is 0 Å². The van der Waals surface area contributed by atoms with Gasteiger partial charge in [-0.15, -0.1) is 16.4 Å². The SMILES string of the molecule is CCC[C@H](CC)Oc1ccc(C(=O)NCCOCCOCCOCCOCC(=O)N[C@H](C(=O)N2C[C@H](O)C[C@H]2C(=O)NCc2ccc(-c3scnc3C)cc2)C(C)(C)C)cc1NC(=O)c1nnn(-c2cc(OC)ccc2OC)c1C. The van der Waals surface area contributed by atoms with Gasteiger partial charge in [-0.3, -0.25) is 24.0 Å². The molecule has 0 spiro atoms. The van der Waals surface area contributed by atoms with Crippen LogP contribution in [0.25, 0.3) is 16.1 Å². The molecule has 22 nitrogen and oxygen atoms in total. The van der Waals surface area contributed by atoms with E-state index in [2.05, 4.69) is 43.5 Å². The number of benzene rings is 3. The zero-order valence-corrected chi connectivity index (χ0v) is 48.1. The molecule has 1 fully saturated rings. The second-order valence-electron chi connectivity index (χ2n) is 20.2. The molecular weight excluding hydrogens is 1050 g/mol. The summed E-state index contributed by atoms with van der Waals surface area (Å²) in [5.74, 6) is -0.796. The molecule has 0 saturated carbocycles. The molecule has 2 aromatic heterocycles. The first kappa shape index (κ1) is 62.2. The van der Waals surface area contributed by atoms with Gasteiger partial charge >= 0.3 is 0 Å². The molecule has 434 valence electrons. The van der Waals surface area contributed by atoms with Crippen molar-refractivity contribution in [1.82, 2.24) is 40.8 Å². The zero-order valence-electron chi connectivity index (χ0n) is 47.3. The number of carbonyl (C=O) groups is 5. The largest absolute Gasteiger partial charge is 0.497 e. The van der Waals surface area contributed by atoms with Gasteiger partial charge in [0, 0.05) is 37.7 Å². The highest BCUT2D eigenvalue weighted by molar-refractivity contribution is 7.13. The van der Waals surface area contributed by atoms with Gasteiger partial charge in [0.25, 0.3) is 11.8 Å². The number of amides is 5. The Morgan fingerprint density at radius 3 is 2.15 bits per heavy atom. The lowest BCUT2D eigenvalue weighted by molar-refractivity contribution is -0.144. The first-order chi connectivity index (χ1) is 38.4. The van der Waals surface area contributed by atoms with Crippen LogP contribution in [-0.4, -0.2) is 164 Å². The number of hydrogen-bond acceptors (Lipinski definition) is 17. The number of methoxy groups -OCH3 is 2. The molecular formula is C57H77N9O13S. The number of hydrogen-bond donors (Lipinski definition) is 5. The molecule has 23 heteroatoms. The van der Waals surface area contributed by atoms with Crippen molar-refractivity contribution in [2.24, 2.45) is 5.41 Å². The number of aliphatic hydroxyl groups is 1. The lowest BCUT2D eigenvalue weighted by Gasteiger charge is -2.35. The molecule has 80 heavy (non-hydrogen) atoms. The van der Waals surface area contributed by atoms with Crippen LogP contribution in [0, 0.1) is 19.3 Å². The van der Waals surface area contributed by atoms with Crippen LogP contribution in [0.3, 0.4) is 0 Å².